The average Bonchev–Trinajstić information content (AvgIpc) is 3.41. The zero-order chi connectivity index (χ0) is 50.6. The summed E-state index contributed by atoms with van der Waals surface area (Å²) in [7, 11) is -3.69. The molecule has 0 amide bonds. The van der Waals surface area contributed by atoms with E-state index in [4.69, 9.17) is 9.47 Å². The molecule has 11 rings (SSSR count). The van der Waals surface area contributed by atoms with Crippen LogP contribution >= 0.6 is 0 Å². The third-order valence-corrected chi connectivity index (χ3v) is 15.3. The Bertz CT molecular complexity index is 3230. The minimum absolute atomic E-state index is 0.138. The number of rotatable bonds is 10. The number of fused-ring (bicyclic) bond motifs is 2. The first kappa shape index (κ1) is 49.6. The molecule has 3 N–H and O–H groups in total. The maximum Gasteiger partial charge on any atom is 0.244 e. The lowest BCUT2D eigenvalue weighted by molar-refractivity contribution is 0.122. The Morgan fingerprint density at radius 3 is 1.51 bits per heavy atom. The molecule has 9 heterocycles. The first-order valence-electron chi connectivity index (χ1n) is 24.2. The monoisotopic (exact) mass is 1020 g/mol. The fourth-order valence-electron chi connectivity index (χ4n) is 9.65. The first-order valence-corrected chi connectivity index (χ1v) is 25.6. The van der Waals surface area contributed by atoms with E-state index in [9.17, 15) is 21.6 Å². The second kappa shape index (κ2) is 21.6. The van der Waals surface area contributed by atoms with E-state index in [0.717, 1.165) is 92.9 Å². The second-order valence-corrected chi connectivity index (χ2v) is 20.0. The number of hydrogen-bond donors (Lipinski definition) is 3. The molecular formula is C51H55F4N13O4S. The number of nitrogens with zero attached hydrogens (tertiary/aromatic N) is 10. The van der Waals surface area contributed by atoms with E-state index < -0.39 is 33.3 Å². The van der Waals surface area contributed by atoms with E-state index in [1.165, 1.54) is 34.9 Å². The molecule has 0 unspecified atom stereocenters. The van der Waals surface area contributed by atoms with Crippen molar-refractivity contribution in [2.75, 3.05) is 135 Å². The molecule has 0 bridgehead atoms. The van der Waals surface area contributed by atoms with Gasteiger partial charge in [0, 0.05) is 126 Å². The lowest BCUT2D eigenvalue weighted by Gasteiger charge is -2.35. The van der Waals surface area contributed by atoms with E-state index in [0.29, 0.717) is 73.5 Å². The van der Waals surface area contributed by atoms with Crippen molar-refractivity contribution in [2.24, 2.45) is 0 Å². The predicted octanol–water partition coefficient (Wildman–Crippen LogP) is 6.91. The Morgan fingerprint density at radius 2 is 1.04 bits per heavy atom. The Kier molecular flexibility index (Phi) is 14.7. The van der Waals surface area contributed by atoms with Gasteiger partial charge in [0.2, 0.25) is 10.0 Å². The smallest absolute Gasteiger partial charge is 0.244 e. The molecule has 0 atom stereocenters. The molecule has 5 aromatic heterocycles. The van der Waals surface area contributed by atoms with Gasteiger partial charge < -0.3 is 45.0 Å². The number of hydrogen-bond acceptors (Lipinski definition) is 16. The minimum atomic E-state index is -3.69. The third-order valence-electron chi connectivity index (χ3n) is 13.4. The summed E-state index contributed by atoms with van der Waals surface area (Å²) in [5.74, 6) is -1.47. The topological polar surface area (TPSA) is 169 Å². The van der Waals surface area contributed by atoms with Crippen LogP contribution in [0.4, 0.5) is 63.3 Å². The number of anilines is 8. The minimum Gasteiger partial charge on any atom is -0.378 e. The quantitative estimate of drug-likeness (QED) is 0.121. The lowest BCUT2D eigenvalue weighted by Crippen LogP contribution is -2.49. The summed E-state index contributed by atoms with van der Waals surface area (Å²) in [6.45, 7) is 13.8. The van der Waals surface area contributed by atoms with Crippen molar-refractivity contribution < 1.29 is 35.5 Å². The van der Waals surface area contributed by atoms with Crippen LogP contribution in [0.25, 0.3) is 21.8 Å². The van der Waals surface area contributed by atoms with Crippen molar-refractivity contribution in [1.29, 1.82) is 0 Å². The Morgan fingerprint density at radius 1 is 0.562 bits per heavy atom. The number of sulfonamides is 1. The number of benzene rings is 2. The molecule has 0 saturated carbocycles. The maximum atomic E-state index is 15.2. The van der Waals surface area contributed by atoms with Crippen LogP contribution in [0, 0.1) is 37.1 Å². The molecule has 2 aromatic carbocycles. The van der Waals surface area contributed by atoms with Crippen molar-refractivity contribution in [1.82, 2.24) is 34.5 Å². The van der Waals surface area contributed by atoms with Crippen LogP contribution in [0.15, 0.2) is 90.6 Å². The second-order valence-electron chi connectivity index (χ2n) is 18.1. The molecule has 0 radical (unpaired) electrons. The van der Waals surface area contributed by atoms with E-state index in [2.05, 4.69) is 55.6 Å². The van der Waals surface area contributed by atoms with Gasteiger partial charge in [-0.05, 0) is 38.1 Å². The van der Waals surface area contributed by atoms with Crippen molar-refractivity contribution >= 4 is 77.6 Å². The van der Waals surface area contributed by atoms with Crippen LogP contribution in [-0.4, -0.2) is 143 Å². The lowest BCUT2D eigenvalue weighted by atomic mass is 10.1. The summed E-state index contributed by atoms with van der Waals surface area (Å²) in [6.07, 6.45) is 9.81. The third kappa shape index (κ3) is 10.7. The molecule has 382 valence electrons. The van der Waals surface area contributed by atoms with Crippen molar-refractivity contribution in [3.8, 4) is 0 Å². The Hall–Kier alpha value is -6.98. The molecule has 4 saturated heterocycles. The molecular weight excluding hydrogens is 967 g/mol. The van der Waals surface area contributed by atoms with Gasteiger partial charge >= 0.3 is 0 Å². The number of piperazine rings is 2. The van der Waals surface area contributed by atoms with Crippen LogP contribution in [0.3, 0.4) is 0 Å². The summed E-state index contributed by atoms with van der Waals surface area (Å²) >= 11 is 0. The highest BCUT2D eigenvalue weighted by molar-refractivity contribution is 7.89. The highest BCUT2D eigenvalue weighted by Gasteiger charge is 2.31. The van der Waals surface area contributed by atoms with Gasteiger partial charge in [-0.1, -0.05) is 0 Å². The number of pyridine rings is 5. The molecule has 4 fully saturated rings. The highest BCUT2D eigenvalue weighted by atomic mass is 32.2. The summed E-state index contributed by atoms with van der Waals surface area (Å²) < 4.78 is 97.0. The fraction of sp³-hybridized carbons (Fsp3) is 0.353. The summed E-state index contributed by atoms with van der Waals surface area (Å²) in [6, 6.07) is 11.3. The van der Waals surface area contributed by atoms with Crippen LogP contribution in [0.5, 0.6) is 0 Å². The van der Waals surface area contributed by atoms with Gasteiger partial charge in [0.05, 0.1) is 107 Å². The molecule has 4 aliphatic rings. The van der Waals surface area contributed by atoms with Crippen LogP contribution < -0.4 is 35.6 Å². The van der Waals surface area contributed by atoms with Gasteiger partial charge in [-0.2, -0.15) is 4.31 Å². The fourth-order valence-corrected chi connectivity index (χ4v) is 11.0. The number of morpholine rings is 2. The number of aromatic nitrogens is 5. The van der Waals surface area contributed by atoms with Gasteiger partial charge in [0.25, 0.3) is 0 Å². The predicted molar refractivity (Wildman–Crippen MR) is 274 cm³/mol. The molecule has 0 spiro atoms. The summed E-state index contributed by atoms with van der Waals surface area (Å²) in [5, 5.41) is 10.5. The number of nitrogens with one attached hydrogen (secondary N) is 3. The van der Waals surface area contributed by atoms with Crippen molar-refractivity contribution in [3.05, 3.63) is 120 Å². The Balaban J connectivity index is 0.000000173. The van der Waals surface area contributed by atoms with Gasteiger partial charge in [-0.3, -0.25) is 15.0 Å². The highest BCUT2D eigenvalue weighted by Crippen LogP contribution is 2.39. The summed E-state index contributed by atoms with van der Waals surface area (Å²) in [4.78, 5) is 30.6. The molecule has 4 aliphatic heterocycles. The van der Waals surface area contributed by atoms with E-state index >= 15 is 4.39 Å². The Labute approximate surface area is 420 Å². The van der Waals surface area contributed by atoms with Gasteiger partial charge in [-0.15, -0.1) is 0 Å². The van der Waals surface area contributed by atoms with E-state index in [1.54, 1.807) is 24.7 Å². The van der Waals surface area contributed by atoms with E-state index in [1.807, 2.05) is 37.1 Å². The average molecular weight is 1020 g/mol. The number of halogens is 4. The van der Waals surface area contributed by atoms with Crippen LogP contribution in [-0.2, 0) is 19.5 Å². The van der Waals surface area contributed by atoms with Crippen LogP contribution in [0.1, 0.15) is 11.1 Å². The normalized spacial score (nSPS) is 16.9. The number of ether oxygens (including phenoxy) is 2. The standard InChI is InChI=1S/C28H29F2N7O3S.C23H26F2N6O/c1-19-27(33-21-15-22(17-32-16-21)35-9-11-40-12-10-35)26-24(30)13-20(29)14-25(26)34-28(19)36-5-7-37(8-6-36)41(38,39)23-3-2-4-31-18-23;1-15-22(28-17-12-18(14-27-13-17)30-6-8-32-9-7-30)21-19(25)10-16(24)11-20(21)29-23(15)31-4-2-26-3-5-31/h2-4,13-18H,5-12H2,1H3,(H,33,34);10-14,26H,2-9H2,1H3,(H,28,29). The molecule has 73 heavy (non-hydrogen) atoms. The van der Waals surface area contributed by atoms with Gasteiger partial charge in [0.15, 0.2) is 0 Å². The SMILES string of the molecule is Cc1c(N2CCN(S(=O)(=O)c3cccnc3)CC2)nc2cc(F)cc(F)c2c1Nc1cncc(N2CCOCC2)c1.Cc1c(N2CCNCC2)nc2cc(F)cc(F)c2c1Nc1cncc(N2CCOCC2)c1. The van der Waals surface area contributed by atoms with Crippen LogP contribution in [0.2, 0.25) is 0 Å². The molecule has 7 aromatic rings. The van der Waals surface area contributed by atoms with Crippen molar-refractivity contribution in [3.63, 3.8) is 0 Å². The molecule has 22 heteroatoms. The zero-order valence-corrected chi connectivity index (χ0v) is 41.2. The van der Waals surface area contributed by atoms with Crippen molar-refractivity contribution in [2.45, 2.75) is 18.7 Å². The maximum absolute atomic E-state index is 15.2. The molecule has 0 aliphatic carbocycles. The summed E-state index contributed by atoms with van der Waals surface area (Å²) in [5.41, 5.74) is 6.23. The zero-order valence-electron chi connectivity index (χ0n) is 40.4. The van der Waals surface area contributed by atoms with Gasteiger partial charge in [0.1, 0.15) is 39.8 Å². The largest absolute Gasteiger partial charge is 0.378 e. The molecule has 17 nitrogen and oxygen atoms in total. The first-order chi connectivity index (χ1) is 35.4. The van der Waals surface area contributed by atoms with Gasteiger partial charge in [-0.25, -0.2) is 35.9 Å². The van der Waals surface area contributed by atoms with E-state index in [-0.39, 0.29) is 34.3 Å².